The molecule has 0 spiro atoms. The number of hydrogen-bond donors (Lipinski definition) is 3. The van der Waals surface area contributed by atoms with Crippen molar-refractivity contribution < 1.29 is 23.1 Å². The van der Waals surface area contributed by atoms with Gasteiger partial charge in [0.2, 0.25) is 15.9 Å². The van der Waals surface area contributed by atoms with Gasteiger partial charge in [-0.2, -0.15) is 0 Å². The lowest BCUT2D eigenvalue weighted by molar-refractivity contribution is -0.122. The highest BCUT2D eigenvalue weighted by atomic mass is 32.2. The van der Waals surface area contributed by atoms with Gasteiger partial charge in [-0.05, 0) is 19.4 Å². The van der Waals surface area contributed by atoms with Crippen LogP contribution in [0, 0.1) is 0 Å². The van der Waals surface area contributed by atoms with Gasteiger partial charge in [0.15, 0.2) is 0 Å². The summed E-state index contributed by atoms with van der Waals surface area (Å²) in [5, 5.41) is 11.6. The normalized spacial score (nSPS) is 19.3. The van der Waals surface area contributed by atoms with Crippen LogP contribution in [0.3, 0.4) is 0 Å². The summed E-state index contributed by atoms with van der Waals surface area (Å²) in [5.74, 6) is -1.28. The van der Waals surface area contributed by atoms with Crippen molar-refractivity contribution in [1.29, 1.82) is 0 Å². The van der Waals surface area contributed by atoms with Crippen molar-refractivity contribution in [2.75, 3.05) is 6.54 Å². The SMILES string of the molecule is CCn1cc(S(=O)(=O)NC2CCC(=O)NC2)cc1C(=O)O. The lowest BCUT2D eigenvalue weighted by Gasteiger charge is -2.22. The highest BCUT2D eigenvalue weighted by molar-refractivity contribution is 7.89. The number of carboxylic acids is 1. The molecule has 2 heterocycles. The van der Waals surface area contributed by atoms with Crippen molar-refractivity contribution >= 4 is 21.9 Å². The molecule has 3 N–H and O–H groups in total. The number of hydrogen-bond acceptors (Lipinski definition) is 4. The Morgan fingerprint density at radius 3 is 2.76 bits per heavy atom. The number of carboxylic acid groups (broad SMARTS) is 1. The topological polar surface area (TPSA) is 118 Å². The second kappa shape index (κ2) is 5.86. The van der Waals surface area contributed by atoms with Gasteiger partial charge in [-0.1, -0.05) is 0 Å². The molecule has 0 aliphatic carbocycles. The number of nitrogens with zero attached hydrogens (tertiary/aromatic N) is 1. The second-order valence-electron chi connectivity index (χ2n) is 4.81. The van der Waals surface area contributed by atoms with Crippen molar-refractivity contribution in [3.63, 3.8) is 0 Å². The van der Waals surface area contributed by atoms with E-state index in [0.29, 0.717) is 13.0 Å². The minimum absolute atomic E-state index is 0.0742. The lowest BCUT2D eigenvalue weighted by atomic mass is 10.1. The van der Waals surface area contributed by atoms with Gasteiger partial charge in [-0.15, -0.1) is 0 Å². The smallest absolute Gasteiger partial charge is 0.352 e. The Morgan fingerprint density at radius 2 is 2.29 bits per heavy atom. The number of aromatic carboxylic acids is 1. The van der Waals surface area contributed by atoms with E-state index in [1.54, 1.807) is 6.92 Å². The van der Waals surface area contributed by atoms with E-state index in [2.05, 4.69) is 10.0 Å². The largest absolute Gasteiger partial charge is 0.477 e. The third-order valence-electron chi connectivity index (χ3n) is 3.33. The molecule has 0 bridgehead atoms. The first-order valence-electron chi connectivity index (χ1n) is 6.56. The summed E-state index contributed by atoms with van der Waals surface area (Å²) in [4.78, 5) is 22.0. The van der Waals surface area contributed by atoms with Crippen molar-refractivity contribution in [3.05, 3.63) is 18.0 Å². The molecule has 9 heteroatoms. The van der Waals surface area contributed by atoms with Gasteiger partial charge in [-0.25, -0.2) is 17.9 Å². The first kappa shape index (κ1) is 15.5. The van der Waals surface area contributed by atoms with Crippen LogP contribution in [0.4, 0.5) is 0 Å². The van der Waals surface area contributed by atoms with Gasteiger partial charge in [0.25, 0.3) is 0 Å². The molecule has 8 nitrogen and oxygen atoms in total. The number of carbonyl (C=O) groups excluding carboxylic acids is 1. The summed E-state index contributed by atoms with van der Waals surface area (Å²) in [6.07, 6.45) is 1.99. The van der Waals surface area contributed by atoms with E-state index in [-0.39, 0.29) is 35.5 Å². The maximum absolute atomic E-state index is 12.3. The molecule has 1 unspecified atom stereocenters. The first-order chi connectivity index (χ1) is 9.83. The lowest BCUT2D eigenvalue weighted by Crippen LogP contribution is -2.47. The van der Waals surface area contributed by atoms with Crippen LogP contribution in [-0.4, -0.2) is 42.6 Å². The zero-order valence-electron chi connectivity index (χ0n) is 11.5. The maximum Gasteiger partial charge on any atom is 0.352 e. The monoisotopic (exact) mass is 315 g/mol. The van der Waals surface area contributed by atoms with E-state index < -0.39 is 16.0 Å². The molecule has 1 aliphatic heterocycles. The quantitative estimate of drug-likeness (QED) is 0.693. The summed E-state index contributed by atoms with van der Waals surface area (Å²) in [6.45, 7) is 2.32. The van der Waals surface area contributed by atoms with Gasteiger partial charge in [0.1, 0.15) is 10.6 Å². The van der Waals surface area contributed by atoms with E-state index in [1.807, 2.05) is 0 Å². The van der Waals surface area contributed by atoms with Gasteiger partial charge < -0.3 is 15.0 Å². The Morgan fingerprint density at radius 1 is 1.57 bits per heavy atom. The minimum Gasteiger partial charge on any atom is -0.477 e. The number of sulfonamides is 1. The van der Waals surface area contributed by atoms with Crippen LogP contribution >= 0.6 is 0 Å². The van der Waals surface area contributed by atoms with Crippen LogP contribution in [-0.2, 0) is 21.4 Å². The van der Waals surface area contributed by atoms with E-state index >= 15 is 0 Å². The van der Waals surface area contributed by atoms with Gasteiger partial charge in [-0.3, -0.25) is 4.79 Å². The van der Waals surface area contributed by atoms with Crippen molar-refractivity contribution in [2.24, 2.45) is 0 Å². The third-order valence-corrected chi connectivity index (χ3v) is 4.82. The van der Waals surface area contributed by atoms with E-state index in [4.69, 9.17) is 5.11 Å². The molecule has 116 valence electrons. The molecule has 1 aliphatic rings. The second-order valence-corrected chi connectivity index (χ2v) is 6.53. The number of aryl methyl sites for hydroxylation is 1. The maximum atomic E-state index is 12.3. The standard InChI is InChI=1S/C12H17N3O5S/c1-2-15-7-9(5-10(15)12(17)18)21(19,20)14-8-3-4-11(16)13-6-8/h5,7-8,14H,2-4,6H2,1H3,(H,13,16)(H,17,18). The summed E-state index contributed by atoms with van der Waals surface area (Å²) >= 11 is 0. The molecular formula is C12H17N3O5S. The molecule has 21 heavy (non-hydrogen) atoms. The molecule has 0 aromatic carbocycles. The average Bonchev–Trinajstić information content (AvgIpc) is 2.86. The Labute approximate surface area is 122 Å². The zero-order chi connectivity index (χ0) is 15.6. The number of nitrogens with one attached hydrogen (secondary N) is 2. The Balaban J connectivity index is 2.19. The minimum atomic E-state index is -3.81. The fraction of sp³-hybridized carbons (Fsp3) is 0.500. The molecule has 1 fully saturated rings. The number of carbonyl (C=O) groups is 2. The zero-order valence-corrected chi connectivity index (χ0v) is 12.3. The van der Waals surface area contributed by atoms with E-state index in [1.165, 1.54) is 10.8 Å². The highest BCUT2D eigenvalue weighted by Gasteiger charge is 2.26. The fourth-order valence-corrected chi connectivity index (χ4v) is 3.50. The van der Waals surface area contributed by atoms with Crippen LogP contribution < -0.4 is 10.0 Å². The Hall–Kier alpha value is -1.87. The highest BCUT2D eigenvalue weighted by Crippen LogP contribution is 2.16. The molecule has 1 amide bonds. The first-order valence-corrected chi connectivity index (χ1v) is 8.04. The van der Waals surface area contributed by atoms with Crippen molar-refractivity contribution in [2.45, 2.75) is 37.2 Å². The molecule has 1 saturated heterocycles. The molecular weight excluding hydrogens is 298 g/mol. The predicted octanol–water partition coefficient (Wildman–Crippen LogP) is -0.237. The third kappa shape index (κ3) is 3.42. The van der Waals surface area contributed by atoms with Crippen LogP contribution in [0.5, 0.6) is 0 Å². The number of piperidine rings is 1. The van der Waals surface area contributed by atoms with Gasteiger partial charge in [0, 0.05) is 31.7 Å². The van der Waals surface area contributed by atoms with Crippen molar-refractivity contribution in [1.82, 2.24) is 14.6 Å². The van der Waals surface area contributed by atoms with E-state index in [0.717, 1.165) is 6.07 Å². The number of aromatic nitrogens is 1. The van der Waals surface area contributed by atoms with Crippen LogP contribution in [0.15, 0.2) is 17.2 Å². The number of amides is 1. The predicted molar refractivity (Wildman–Crippen MR) is 73.4 cm³/mol. The molecule has 1 atom stereocenters. The van der Waals surface area contributed by atoms with Gasteiger partial charge in [0.05, 0.1) is 0 Å². The summed E-state index contributed by atoms with van der Waals surface area (Å²) in [6, 6.07) is 0.751. The summed E-state index contributed by atoms with van der Waals surface area (Å²) < 4.78 is 28.4. The Bertz CT molecular complexity index is 654. The van der Waals surface area contributed by atoms with E-state index in [9.17, 15) is 18.0 Å². The Kier molecular flexibility index (Phi) is 4.33. The summed E-state index contributed by atoms with van der Waals surface area (Å²) in [7, 11) is -3.81. The van der Waals surface area contributed by atoms with Crippen LogP contribution in [0.1, 0.15) is 30.3 Å². The molecule has 0 radical (unpaired) electrons. The average molecular weight is 315 g/mol. The molecule has 0 saturated carbocycles. The van der Waals surface area contributed by atoms with Crippen LogP contribution in [0.25, 0.3) is 0 Å². The fourth-order valence-electron chi connectivity index (χ4n) is 2.19. The van der Waals surface area contributed by atoms with Crippen LogP contribution in [0.2, 0.25) is 0 Å². The number of rotatable bonds is 5. The molecule has 1 aromatic heterocycles. The van der Waals surface area contributed by atoms with Crippen molar-refractivity contribution in [3.8, 4) is 0 Å². The summed E-state index contributed by atoms with van der Waals surface area (Å²) in [5.41, 5.74) is -0.0742. The molecule has 2 rings (SSSR count). The van der Waals surface area contributed by atoms with Gasteiger partial charge >= 0.3 is 5.97 Å². The molecule has 1 aromatic rings.